The van der Waals surface area contributed by atoms with Crippen LogP contribution in [0.5, 0.6) is 0 Å². The summed E-state index contributed by atoms with van der Waals surface area (Å²) in [5, 5.41) is 0. The van der Waals surface area contributed by atoms with Gasteiger partial charge in [0.2, 0.25) is 0 Å². The number of rotatable bonds is 3. The molecule has 0 spiro atoms. The summed E-state index contributed by atoms with van der Waals surface area (Å²) in [5.74, 6) is -3.18. The molecule has 0 N–H and O–H groups in total. The van der Waals surface area contributed by atoms with E-state index in [0.717, 1.165) is 25.9 Å². The first-order valence-corrected chi connectivity index (χ1v) is 7.17. The van der Waals surface area contributed by atoms with Gasteiger partial charge < -0.3 is 4.74 Å². The lowest BCUT2D eigenvalue weighted by Gasteiger charge is -2.37. The summed E-state index contributed by atoms with van der Waals surface area (Å²) in [5.41, 5.74) is 0. The minimum Gasteiger partial charge on any atom is -0.373 e. The topological polar surface area (TPSA) is 12.5 Å². The number of alkyl halides is 2. The van der Waals surface area contributed by atoms with E-state index in [1.54, 1.807) is 6.92 Å². The van der Waals surface area contributed by atoms with Crippen molar-refractivity contribution in [2.75, 3.05) is 13.1 Å². The van der Waals surface area contributed by atoms with Crippen LogP contribution >= 0.6 is 0 Å². The fourth-order valence-electron chi connectivity index (χ4n) is 3.06. The highest BCUT2D eigenvalue weighted by molar-refractivity contribution is 4.88. The Kier molecular flexibility index (Phi) is 4.27. The van der Waals surface area contributed by atoms with E-state index in [9.17, 15) is 8.78 Å². The van der Waals surface area contributed by atoms with Crippen LogP contribution in [0, 0.1) is 5.92 Å². The van der Waals surface area contributed by atoms with Crippen LogP contribution in [0.3, 0.4) is 0 Å². The van der Waals surface area contributed by atoms with Crippen molar-refractivity contribution in [2.45, 2.75) is 70.6 Å². The molecular formula is C14H25F2NO. The van der Waals surface area contributed by atoms with E-state index in [0.29, 0.717) is 12.5 Å². The molecule has 0 bridgehead atoms. The summed E-state index contributed by atoms with van der Waals surface area (Å²) in [4.78, 5) is 2.36. The highest BCUT2D eigenvalue weighted by Gasteiger charge is 2.45. The molecule has 0 aromatic rings. The minimum atomic E-state index is -2.54. The average Bonchev–Trinajstić information content (AvgIpc) is 2.73. The van der Waals surface area contributed by atoms with E-state index in [1.807, 2.05) is 0 Å². The first-order chi connectivity index (χ1) is 8.40. The van der Waals surface area contributed by atoms with Gasteiger partial charge in [-0.15, -0.1) is 0 Å². The Morgan fingerprint density at radius 2 is 2.00 bits per heavy atom. The zero-order valence-corrected chi connectivity index (χ0v) is 11.7. The first kappa shape index (κ1) is 14.2. The lowest BCUT2D eigenvalue weighted by Crippen LogP contribution is -2.43. The molecule has 0 amide bonds. The van der Waals surface area contributed by atoms with Crippen LogP contribution < -0.4 is 0 Å². The molecule has 106 valence electrons. The smallest absolute Gasteiger partial charge is 0.253 e. The molecule has 2 fully saturated rings. The zero-order valence-electron chi connectivity index (χ0n) is 11.7. The van der Waals surface area contributed by atoms with Crippen molar-refractivity contribution in [3.05, 3.63) is 0 Å². The van der Waals surface area contributed by atoms with Crippen molar-refractivity contribution in [1.29, 1.82) is 0 Å². The van der Waals surface area contributed by atoms with Crippen LogP contribution in [0.1, 0.15) is 46.5 Å². The fraction of sp³-hybridized carbons (Fsp3) is 1.00. The molecule has 1 saturated carbocycles. The third-order valence-corrected chi connectivity index (χ3v) is 4.50. The quantitative estimate of drug-likeness (QED) is 0.773. The number of hydrogen-bond acceptors (Lipinski definition) is 2. The number of likely N-dealkylation sites (tertiary alicyclic amines) is 1. The summed E-state index contributed by atoms with van der Waals surface area (Å²) in [6.45, 7) is 7.89. The summed E-state index contributed by atoms with van der Waals surface area (Å²) in [6, 6.07) is 0.517. The monoisotopic (exact) mass is 261 g/mol. The Labute approximate surface area is 109 Å². The van der Waals surface area contributed by atoms with Gasteiger partial charge in [0.25, 0.3) is 5.92 Å². The summed E-state index contributed by atoms with van der Waals surface area (Å²) in [6.07, 6.45) is 2.26. The molecule has 0 unspecified atom stereocenters. The minimum absolute atomic E-state index is 0.0246. The Hall–Kier alpha value is -0.220. The van der Waals surface area contributed by atoms with Crippen molar-refractivity contribution in [3.63, 3.8) is 0 Å². The number of ether oxygens (including phenoxy) is 1. The molecule has 2 aliphatic rings. The van der Waals surface area contributed by atoms with E-state index in [4.69, 9.17) is 4.74 Å². The standard InChI is InChI=1S/C14H25F2NO/c1-10(2)17-8-6-12(9-17)18-13-5-4-7-14(15,16)11(13)3/h10-13H,4-9H2,1-3H3/t11-,12+,13+/m1/s1. The second-order valence-corrected chi connectivity index (χ2v) is 6.12. The van der Waals surface area contributed by atoms with Gasteiger partial charge >= 0.3 is 0 Å². The molecule has 1 heterocycles. The maximum atomic E-state index is 13.6. The first-order valence-electron chi connectivity index (χ1n) is 7.17. The Morgan fingerprint density at radius 1 is 1.28 bits per heavy atom. The van der Waals surface area contributed by atoms with Gasteiger partial charge in [-0.2, -0.15) is 0 Å². The second kappa shape index (κ2) is 5.41. The molecule has 3 atom stereocenters. The molecule has 0 aromatic heterocycles. The highest BCUT2D eigenvalue weighted by atomic mass is 19.3. The summed E-state index contributed by atoms with van der Waals surface area (Å²) in [7, 11) is 0. The van der Waals surface area contributed by atoms with Crippen molar-refractivity contribution in [3.8, 4) is 0 Å². The molecule has 1 aliphatic heterocycles. The van der Waals surface area contributed by atoms with E-state index in [-0.39, 0.29) is 18.6 Å². The second-order valence-electron chi connectivity index (χ2n) is 6.12. The van der Waals surface area contributed by atoms with Crippen LogP contribution in [0.4, 0.5) is 8.78 Å². The molecule has 0 radical (unpaired) electrons. The van der Waals surface area contributed by atoms with E-state index < -0.39 is 11.8 Å². The van der Waals surface area contributed by atoms with Gasteiger partial charge in [0.15, 0.2) is 0 Å². The predicted octanol–water partition coefficient (Wildman–Crippen LogP) is 3.31. The van der Waals surface area contributed by atoms with E-state index >= 15 is 0 Å². The lowest BCUT2D eigenvalue weighted by atomic mass is 9.84. The van der Waals surface area contributed by atoms with Crippen LogP contribution in [0.25, 0.3) is 0 Å². The maximum absolute atomic E-state index is 13.6. The van der Waals surface area contributed by atoms with Gasteiger partial charge in [-0.05, 0) is 33.1 Å². The number of halogens is 2. The normalized spacial score (nSPS) is 37.3. The average molecular weight is 261 g/mol. The van der Waals surface area contributed by atoms with Crippen LogP contribution in [0.2, 0.25) is 0 Å². The third-order valence-electron chi connectivity index (χ3n) is 4.50. The van der Waals surface area contributed by atoms with Gasteiger partial charge in [-0.25, -0.2) is 8.78 Å². The van der Waals surface area contributed by atoms with Crippen molar-refractivity contribution < 1.29 is 13.5 Å². The maximum Gasteiger partial charge on any atom is 0.253 e. The van der Waals surface area contributed by atoms with Crippen LogP contribution in [-0.2, 0) is 4.74 Å². The van der Waals surface area contributed by atoms with Crippen molar-refractivity contribution in [1.82, 2.24) is 4.90 Å². The van der Waals surface area contributed by atoms with Crippen LogP contribution in [0.15, 0.2) is 0 Å². The largest absolute Gasteiger partial charge is 0.373 e. The SMILES string of the molecule is CC(C)N1CC[C@H](O[C@H]2CCCC(F)(F)[C@@H]2C)C1. The Balaban J connectivity index is 1.86. The molecule has 2 rings (SSSR count). The van der Waals surface area contributed by atoms with Crippen molar-refractivity contribution in [2.24, 2.45) is 5.92 Å². The summed E-state index contributed by atoms with van der Waals surface area (Å²) >= 11 is 0. The van der Waals surface area contributed by atoms with E-state index in [1.165, 1.54) is 0 Å². The van der Waals surface area contributed by atoms with Gasteiger partial charge in [0.05, 0.1) is 12.2 Å². The predicted molar refractivity (Wildman–Crippen MR) is 67.9 cm³/mol. The van der Waals surface area contributed by atoms with Crippen LogP contribution in [-0.4, -0.2) is 42.2 Å². The Bertz CT molecular complexity index is 283. The molecule has 0 aromatic carbocycles. The fourth-order valence-corrected chi connectivity index (χ4v) is 3.06. The molecule has 1 saturated heterocycles. The van der Waals surface area contributed by atoms with Gasteiger partial charge in [-0.3, -0.25) is 4.90 Å². The zero-order chi connectivity index (χ0) is 13.3. The highest BCUT2D eigenvalue weighted by Crippen LogP contribution is 2.40. The third kappa shape index (κ3) is 3.02. The molecule has 1 aliphatic carbocycles. The lowest BCUT2D eigenvalue weighted by molar-refractivity contribution is -0.157. The number of hydrogen-bond donors (Lipinski definition) is 0. The number of nitrogens with zero attached hydrogens (tertiary/aromatic N) is 1. The Morgan fingerprint density at radius 3 is 2.61 bits per heavy atom. The molecule has 18 heavy (non-hydrogen) atoms. The van der Waals surface area contributed by atoms with E-state index in [2.05, 4.69) is 18.7 Å². The molecule has 2 nitrogen and oxygen atoms in total. The van der Waals surface area contributed by atoms with Crippen molar-refractivity contribution >= 4 is 0 Å². The van der Waals surface area contributed by atoms with Gasteiger partial charge in [-0.1, -0.05) is 6.92 Å². The molecule has 4 heteroatoms. The summed E-state index contributed by atoms with van der Waals surface area (Å²) < 4.78 is 33.2. The molecular weight excluding hydrogens is 236 g/mol. The van der Waals surface area contributed by atoms with Gasteiger partial charge in [0.1, 0.15) is 0 Å². The van der Waals surface area contributed by atoms with Gasteiger partial charge in [0, 0.05) is 31.5 Å².